The monoisotopic (exact) mass is 170 g/mol. The lowest BCUT2D eigenvalue weighted by Gasteiger charge is -2.11. The standard InChI is InChI=1S/C11H16B2/c1-6-3-8-5-7(2)10(12)11(13)9(8)4-6/h5-6H,3-4,12-13H2,1-2H3. The Hall–Kier alpha value is -0.650. The number of rotatable bonds is 0. The second-order valence-corrected chi connectivity index (χ2v) is 4.59. The molecule has 2 heteroatoms. The zero-order valence-electron chi connectivity index (χ0n) is 9.07. The minimum absolute atomic E-state index is 0.856. The van der Waals surface area contributed by atoms with Crippen LogP contribution >= 0.6 is 0 Å². The lowest BCUT2D eigenvalue weighted by Crippen LogP contribution is -2.31. The first-order chi connectivity index (χ1) is 6.09. The van der Waals surface area contributed by atoms with Gasteiger partial charge in [0, 0.05) is 0 Å². The fourth-order valence-corrected chi connectivity index (χ4v) is 2.48. The quantitative estimate of drug-likeness (QED) is 0.449. The summed E-state index contributed by atoms with van der Waals surface area (Å²) >= 11 is 0. The highest BCUT2D eigenvalue weighted by molar-refractivity contribution is 6.49. The zero-order valence-corrected chi connectivity index (χ0v) is 9.07. The van der Waals surface area contributed by atoms with E-state index in [1.807, 2.05) is 0 Å². The minimum atomic E-state index is 0.856. The summed E-state index contributed by atoms with van der Waals surface area (Å²) in [5, 5.41) is 0. The van der Waals surface area contributed by atoms with Gasteiger partial charge < -0.3 is 0 Å². The molecule has 0 spiro atoms. The summed E-state index contributed by atoms with van der Waals surface area (Å²) < 4.78 is 0. The van der Waals surface area contributed by atoms with Gasteiger partial charge in [-0.25, -0.2) is 0 Å². The molecule has 0 nitrogen and oxygen atoms in total. The van der Waals surface area contributed by atoms with E-state index in [2.05, 4.69) is 35.6 Å². The molecule has 1 unspecified atom stereocenters. The summed E-state index contributed by atoms with van der Waals surface area (Å²) in [6, 6.07) is 2.39. The number of benzene rings is 1. The van der Waals surface area contributed by atoms with Crippen molar-refractivity contribution in [3.63, 3.8) is 0 Å². The second-order valence-electron chi connectivity index (χ2n) is 4.59. The van der Waals surface area contributed by atoms with Crippen LogP contribution in [0.25, 0.3) is 0 Å². The molecule has 0 saturated carbocycles. The number of fused-ring (bicyclic) bond motifs is 1. The van der Waals surface area contributed by atoms with E-state index in [-0.39, 0.29) is 0 Å². The Labute approximate surface area is 82.6 Å². The average molecular weight is 170 g/mol. The molecule has 66 valence electrons. The Morgan fingerprint density at radius 3 is 2.62 bits per heavy atom. The van der Waals surface area contributed by atoms with Gasteiger partial charge in [0.25, 0.3) is 0 Å². The van der Waals surface area contributed by atoms with Gasteiger partial charge in [-0.1, -0.05) is 35.0 Å². The van der Waals surface area contributed by atoms with Crippen molar-refractivity contribution in [2.24, 2.45) is 5.92 Å². The SMILES string of the molecule is Bc1c(C)cc2c(c1B)CC(C)C2. The van der Waals surface area contributed by atoms with Crippen molar-refractivity contribution in [2.75, 3.05) is 0 Å². The molecule has 1 aliphatic rings. The maximum atomic E-state index is 2.39. The summed E-state index contributed by atoms with van der Waals surface area (Å²) in [6.45, 7) is 4.58. The van der Waals surface area contributed by atoms with Gasteiger partial charge >= 0.3 is 0 Å². The fraction of sp³-hybridized carbons (Fsp3) is 0.455. The predicted octanol–water partition coefficient (Wildman–Crippen LogP) is -0.753. The molecule has 1 aromatic carbocycles. The van der Waals surface area contributed by atoms with Crippen molar-refractivity contribution in [1.29, 1.82) is 0 Å². The van der Waals surface area contributed by atoms with Crippen LogP contribution in [-0.4, -0.2) is 15.7 Å². The lowest BCUT2D eigenvalue weighted by atomic mass is 9.74. The average Bonchev–Trinajstić information content (AvgIpc) is 2.42. The molecule has 0 aromatic heterocycles. The second kappa shape index (κ2) is 2.94. The minimum Gasteiger partial charge on any atom is -0.0920 e. The molecule has 0 N–H and O–H groups in total. The van der Waals surface area contributed by atoms with Crippen LogP contribution in [-0.2, 0) is 12.8 Å². The number of hydrogen-bond acceptors (Lipinski definition) is 0. The lowest BCUT2D eigenvalue weighted by molar-refractivity contribution is 0.628. The molecule has 0 radical (unpaired) electrons. The normalized spacial score (nSPS) is 20.3. The van der Waals surface area contributed by atoms with E-state index < -0.39 is 0 Å². The van der Waals surface area contributed by atoms with Gasteiger partial charge in [0.2, 0.25) is 0 Å². The van der Waals surface area contributed by atoms with E-state index in [1.165, 1.54) is 23.9 Å². The smallest absolute Gasteiger partial charge is 0.0920 e. The van der Waals surface area contributed by atoms with Crippen LogP contribution in [0.1, 0.15) is 23.6 Å². The number of hydrogen-bond donors (Lipinski definition) is 0. The van der Waals surface area contributed by atoms with E-state index in [0.717, 1.165) is 5.92 Å². The van der Waals surface area contributed by atoms with Crippen LogP contribution in [0, 0.1) is 12.8 Å². The van der Waals surface area contributed by atoms with Crippen molar-refractivity contribution >= 4 is 26.6 Å². The van der Waals surface area contributed by atoms with E-state index in [0.29, 0.717) is 0 Å². The van der Waals surface area contributed by atoms with E-state index in [9.17, 15) is 0 Å². The third-order valence-corrected chi connectivity index (χ3v) is 3.51. The molecule has 0 bridgehead atoms. The topological polar surface area (TPSA) is 0 Å². The molecular weight excluding hydrogens is 154 g/mol. The first-order valence-corrected chi connectivity index (χ1v) is 5.18. The zero-order chi connectivity index (χ0) is 9.59. The van der Waals surface area contributed by atoms with Gasteiger partial charge in [-0.05, 0) is 31.2 Å². The van der Waals surface area contributed by atoms with Crippen molar-refractivity contribution < 1.29 is 0 Å². The summed E-state index contributed by atoms with van der Waals surface area (Å²) in [6.07, 6.45) is 2.58. The van der Waals surface area contributed by atoms with Crippen LogP contribution in [0.3, 0.4) is 0 Å². The molecule has 0 amide bonds. The largest absolute Gasteiger partial charge is 0.138 e. The Morgan fingerprint density at radius 2 is 1.92 bits per heavy atom. The summed E-state index contributed by atoms with van der Waals surface area (Å²) in [5.41, 5.74) is 7.74. The highest BCUT2D eigenvalue weighted by Crippen LogP contribution is 2.24. The molecule has 1 atom stereocenters. The molecule has 0 saturated heterocycles. The summed E-state index contributed by atoms with van der Waals surface area (Å²) in [4.78, 5) is 0. The molecule has 2 rings (SSSR count). The molecule has 0 heterocycles. The van der Waals surface area contributed by atoms with E-state index >= 15 is 0 Å². The van der Waals surface area contributed by atoms with Crippen LogP contribution in [0.5, 0.6) is 0 Å². The molecule has 1 aromatic rings. The van der Waals surface area contributed by atoms with Gasteiger partial charge in [-0.3, -0.25) is 0 Å². The van der Waals surface area contributed by atoms with Crippen molar-refractivity contribution in [3.8, 4) is 0 Å². The Balaban J connectivity index is 2.60. The van der Waals surface area contributed by atoms with Gasteiger partial charge in [0.15, 0.2) is 0 Å². The Morgan fingerprint density at radius 1 is 1.23 bits per heavy atom. The van der Waals surface area contributed by atoms with Crippen molar-refractivity contribution in [1.82, 2.24) is 0 Å². The molecule has 13 heavy (non-hydrogen) atoms. The van der Waals surface area contributed by atoms with Crippen LogP contribution in [0.4, 0.5) is 0 Å². The fourth-order valence-electron chi connectivity index (χ4n) is 2.48. The molecule has 0 aliphatic heterocycles. The first-order valence-electron chi connectivity index (χ1n) is 5.18. The van der Waals surface area contributed by atoms with Crippen LogP contribution < -0.4 is 10.9 Å². The van der Waals surface area contributed by atoms with E-state index in [1.54, 1.807) is 16.6 Å². The molecular formula is C11H16B2. The van der Waals surface area contributed by atoms with Gasteiger partial charge in [0.05, 0.1) is 0 Å². The Kier molecular flexibility index (Phi) is 2.02. The summed E-state index contributed by atoms with van der Waals surface area (Å²) in [5.74, 6) is 0.856. The Bertz CT molecular complexity index is 356. The maximum Gasteiger partial charge on any atom is 0.138 e. The van der Waals surface area contributed by atoms with Crippen molar-refractivity contribution in [3.05, 3.63) is 22.8 Å². The van der Waals surface area contributed by atoms with Gasteiger partial charge in [-0.2, -0.15) is 0 Å². The third kappa shape index (κ3) is 1.33. The third-order valence-electron chi connectivity index (χ3n) is 3.51. The highest BCUT2D eigenvalue weighted by Gasteiger charge is 2.20. The molecule has 0 fully saturated rings. The van der Waals surface area contributed by atoms with Gasteiger partial charge in [-0.15, -0.1) is 0 Å². The van der Waals surface area contributed by atoms with E-state index in [4.69, 9.17) is 0 Å². The number of aryl methyl sites for hydroxylation is 1. The van der Waals surface area contributed by atoms with Crippen LogP contribution in [0.2, 0.25) is 0 Å². The molecule has 1 aliphatic carbocycles. The summed E-state index contributed by atoms with van der Waals surface area (Å²) in [7, 11) is 4.52. The highest BCUT2D eigenvalue weighted by atomic mass is 14.2. The predicted molar refractivity (Wildman–Crippen MR) is 64.1 cm³/mol. The maximum absolute atomic E-state index is 2.39. The van der Waals surface area contributed by atoms with Gasteiger partial charge in [0.1, 0.15) is 15.7 Å². The van der Waals surface area contributed by atoms with Crippen molar-refractivity contribution in [2.45, 2.75) is 26.7 Å². The first kappa shape index (κ1) is 8.93. The van der Waals surface area contributed by atoms with Crippen LogP contribution in [0.15, 0.2) is 6.07 Å².